The van der Waals surface area contributed by atoms with Crippen LogP contribution in [0, 0.1) is 0 Å². The van der Waals surface area contributed by atoms with Crippen LogP contribution >= 0.6 is 7.60 Å². The number of rotatable bonds is 14. The van der Waals surface area contributed by atoms with Crippen LogP contribution in [0.25, 0.3) is 0 Å². The highest BCUT2D eigenvalue weighted by molar-refractivity contribution is 7.62. The summed E-state index contributed by atoms with van der Waals surface area (Å²) in [7, 11) is -3.24. The summed E-state index contributed by atoms with van der Waals surface area (Å²) in [5.41, 5.74) is 1.09. The average Bonchev–Trinajstić information content (AvgIpc) is 2.86. The van der Waals surface area contributed by atoms with Crippen molar-refractivity contribution in [1.29, 1.82) is 0 Å². The van der Waals surface area contributed by atoms with E-state index in [4.69, 9.17) is 13.8 Å². The SMILES string of the molecule is CCCCCCCCCCCCOc1ccc(N2CCOP(=O)(c3ccccc3)OCC2)cc1. The quantitative estimate of drug-likeness (QED) is 0.206. The number of hydrogen-bond acceptors (Lipinski definition) is 5. The van der Waals surface area contributed by atoms with E-state index in [-0.39, 0.29) is 0 Å². The molecule has 0 N–H and O–H groups in total. The second-order valence-corrected chi connectivity index (χ2v) is 11.0. The van der Waals surface area contributed by atoms with E-state index < -0.39 is 7.60 Å². The summed E-state index contributed by atoms with van der Waals surface area (Å²) >= 11 is 0. The number of unbranched alkanes of at least 4 members (excludes halogenated alkanes) is 9. The van der Waals surface area contributed by atoms with Crippen molar-refractivity contribution >= 4 is 18.6 Å². The normalized spacial score (nSPS) is 16.1. The van der Waals surface area contributed by atoms with Gasteiger partial charge in [0.25, 0.3) is 0 Å². The Hall–Kier alpha value is -1.81. The molecule has 34 heavy (non-hydrogen) atoms. The monoisotopic (exact) mass is 487 g/mol. The third kappa shape index (κ3) is 9.09. The molecule has 0 atom stereocenters. The van der Waals surface area contributed by atoms with Crippen LogP contribution in [0.2, 0.25) is 0 Å². The summed E-state index contributed by atoms with van der Waals surface area (Å²) in [6.45, 7) is 5.07. The minimum Gasteiger partial charge on any atom is -0.494 e. The maximum absolute atomic E-state index is 13.1. The molecule has 0 unspecified atom stereocenters. The largest absolute Gasteiger partial charge is 0.494 e. The van der Waals surface area contributed by atoms with Crippen molar-refractivity contribution in [3.8, 4) is 5.75 Å². The van der Waals surface area contributed by atoms with Crippen LogP contribution < -0.4 is 14.9 Å². The van der Waals surface area contributed by atoms with Crippen LogP contribution in [-0.4, -0.2) is 32.9 Å². The Morgan fingerprint density at radius 3 is 1.91 bits per heavy atom. The van der Waals surface area contributed by atoms with Crippen LogP contribution in [0.4, 0.5) is 5.69 Å². The highest BCUT2D eigenvalue weighted by Gasteiger charge is 2.29. The van der Waals surface area contributed by atoms with E-state index in [1.807, 2.05) is 30.3 Å². The van der Waals surface area contributed by atoms with Crippen molar-refractivity contribution in [2.45, 2.75) is 71.1 Å². The molecule has 0 aliphatic carbocycles. The summed E-state index contributed by atoms with van der Waals surface area (Å²) < 4.78 is 30.4. The average molecular weight is 488 g/mol. The van der Waals surface area contributed by atoms with Crippen molar-refractivity contribution in [3.63, 3.8) is 0 Å². The summed E-state index contributed by atoms with van der Waals surface area (Å²) in [5, 5.41) is 0.618. The van der Waals surface area contributed by atoms with Gasteiger partial charge in [-0.1, -0.05) is 82.9 Å². The molecule has 1 aliphatic heterocycles. The predicted octanol–water partition coefficient (Wildman–Crippen LogP) is 7.36. The zero-order valence-corrected chi connectivity index (χ0v) is 21.7. The number of hydrogen-bond donors (Lipinski definition) is 0. The van der Waals surface area contributed by atoms with Crippen molar-refractivity contribution in [2.75, 3.05) is 37.8 Å². The van der Waals surface area contributed by atoms with Crippen molar-refractivity contribution in [3.05, 3.63) is 54.6 Å². The minimum absolute atomic E-state index is 0.350. The first kappa shape index (κ1) is 26.8. The van der Waals surface area contributed by atoms with Crippen LogP contribution in [-0.2, 0) is 13.6 Å². The molecule has 188 valence electrons. The maximum Gasteiger partial charge on any atom is 0.361 e. The third-order valence-electron chi connectivity index (χ3n) is 6.29. The van der Waals surface area contributed by atoms with E-state index in [1.54, 1.807) is 12.1 Å². The molecule has 1 fully saturated rings. The Morgan fingerprint density at radius 2 is 1.32 bits per heavy atom. The maximum atomic E-state index is 13.1. The molecular weight excluding hydrogens is 445 g/mol. The molecule has 1 saturated heterocycles. The fraction of sp³-hybridized carbons (Fsp3) is 0.571. The van der Waals surface area contributed by atoms with Crippen LogP contribution in [0.15, 0.2) is 54.6 Å². The fourth-order valence-corrected chi connectivity index (χ4v) is 5.80. The van der Waals surface area contributed by atoms with Gasteiger partial charge in [0.05, 0.1) is 25.1 Å². The molecule has 0 radical (unpaired) electrons. The fourth-order valence-electron chi connectivity index (χ4n) is 4.24. The summed E-state index contributed by atoms with van der Waals surface area (Å²) in [4.78, 5) is 2.19. The summed E-state index contributed by atoms with van der Waals surface area (Å²) in [5.74, 6) is 0.910. The van der Waals surface area contributed by atoms with E-state index in [0.29, 0.717) is 31.6 Å². The topological polar surface area (TPSA) is 48.0 Å². The van der Waals surface area contributed by atoms with Crippen molar-refractivity contribution < 1.29 is 18.3 Å². The highest BCUT2D eigenvalue weighted by atomic mass is 31.2. The smallest absolute Gasteiger partial charge is 0.361 e. The number of benzene rings is 2. The van der Waals surface area contributed by atoms with E-state index in [0.717, 1.165) is 24.5 Å². The molecule has 2 aromatic carbocycles. The van der Waals surface area contributed by atoms with Gasteiger partial charge in [0.2, 0.25) is 0 Å². The molecule has 5 nitrogen and oxygen atoms in total. The lowest BCUT2D eigenvalue weighted by atomic mass is 10.1. The molecular formula is C28H42NO4P. The van der Waals surface area contributed by atoms with Gasteiger partial charge in [-0.2, -0.15) is 0 Å². The van der Waals surface area contributed by atoms with Gasteiger partial charge in [-0.05, 0) is 42.8 Å². The summed E-state index contributed by atoms with van der Waals surface area (Å²) in [6, 6.07) is 17.4. The van der Waals surface area contributed by atoms with Gasteiger partial charge in [-0.25, -0.2) is 0 Å². The van der Waals surface area contributed by atoms with E-state index >= 15 is 0 Å². The lowest BCUT2D eigenvalue weighted by Gasteiger charge is -2.30. The van der Waals surface area contributed by atoms with Gasteiger partial charge < -0.3 is 18.7 Å². The zero-order chi connectivity index (χ0) is 23.9. The number of nitrogens with zero attached hydrogens (tertiary/aromatic N) is 1. The van der Waals surface area contributed by atoms with Gasteiger partial charge in [0.15, 0.2) is 0 Å². The minimum atomic E-state index is -3.24. The third-order valence-corrected chi connectivity index (χ3v) is 8.26. The molecule has 0 spiro atoms. The van der Waals surface area contributed by atoms with E-state index in [1.165, 1.54) is 57.8 Å². The molecule has 6 heteroatoms. The Morgan fingerprint density at radius 1 is 0.765 bits per heavy atom. The Labute approximate surface area is 206 Å². The first-order valence-electron chi connectivity index (χ1n) is 13.1. The second-order valence-electron chi connectivity index (χ2n) is 9.01. The van der Waals surface area contributed by atoms with Gasteiger partial charge in [0.1, 0.15) is 5.75 Å². The van der Waals surface area contributed by atoms with Crippen LogP contribution in [0.3, 0.4) is 0 Å². The first-order valence-corrected chi connectivity index (χ1v) is 14.7. The summed E-state index contributed by atoms with van der Waals surface area (Å²) in [6.07, 6.45) is 13.3. The number of anilines is 1. The van der Waals surface area contributed by atoms with E-state index in [9.17, 15) is 4.57 Å². The molecule has 0 aromatic heterocycles. The molecule has 0 saturated carbocycles. The van der Waals surface area contributed by atoms with Crippen LogP contribution in [0.1, 0.15) is 71.1 Å². The molecule has 0 bridgehead atoms. The molecule has 2 aromatic rings. The lowest BCUT2D eigenvalue weighted by Crippen LogP contribution is -2.33. The van der Waals surface area contributed by atoms with Gasteiger partial charge in [-0.3, -0.25) is 4.57 Å². The van der Waals surface area contributed by atoms with Gasteiger partial charge in [-0.15, -0.1) is 0 Å². The van der Waals surface area contributed by atoms with Crippen molar-refractivity contribution in [2.24, 2.45) is 0 Å². The molecule has 1 aliphatic rings. The molecule has 0 amide bonds. The first-order chi connectivity index (χ1) is 16.7. The van der Waals surface area contributed by atoms with Gasteiger partial charge in [0, 0.05) is 18.8 Å². The highest BCUT2D eigenvalue weighted by Crippen LogP contribution is 2.47. The lowest BCUT2D eigenvalue weighted by molar-refractivity contribution is 0.204. The van der Waals surface area contributed by atoms with Crippen molar-refractivity contribution in [1.82, 2.24) is 0 Å². The zero-order valence-electron chi connectivity index (χ0n) is 20.8. The van der Waals surface area contributed by atoms with Crippen LogP contribution in [0.5, 0.6) is 5.75 Å². The predicted molar refractivity (Wildman–Crippen MR) is 142 cm³/mol. The standard InChI is InChI=1S/C28H42NO4P/c1-2-3-4-5-6-7-8-9-10-14-23-31-27-19-17-26(18-20-27)29-21-24-32-34(30,33-25-22-29)28-15-12-11-13-16-28/h11-13,15-20H,2-10,14,21-25H2,1H3. The number of ether oxygens (including phenoxy) is 1. The van der Waals surface area contributed by atoms with Gasteiger partial charge >= 0.3 is 7.60 Å². The Kier molecular flexibility index (Phi) is 12.0. The molecule has 1 heterocycles. The molecule has 3 rings (SSSR count). The Balaban J connectivity index is 1.31. The second kappa shape index (κ2) is 15.2. The Bertz CT molecular complexity index is 829. The van der Waals surface area contributed by atoms with E-state index in [2.05, 4.69) is 24.0 Å².